The summed E-state index contributed by atoms with van der Waals surface area (Å²) in [5, 5.41) is 10.0. The second kappa shape index (κ2) is 7.37. The molecule has 0 spiro atoms. The van der Waals surface area contributed by atoms with Crippen molar-refractivity contribution in [2.45, 2.75) is 65.7 Å². The number of hydrogen-bond acceptors (Lipinski definition) is 1. The Balaban J connectivity index is 2.35. The van der Waals surface area contributed by atoms with Crippen molar-refractivity contribution in [2.24, 2.45) is 0 Å². The molecule has 1 rings (SSSR count). The first-order valence-corrected chi connectivity index (χ1v) is 6.94. The van der Waals surface area contributed by atoms with E-state index in [1.807, 2.05) is 13.8 Å². The smallest absolute Gasteiger partial charge is 0.121 e. The molecule has 0 fully saturated rings. The van der Waals surface area contributed by atoms with Crippen molar-refractivity contribution in [1.29, 1.82) is 0 Å². The van der Waals surface area contributed by atoms with Gasteiger partial charge in [0.2, 0.25) is 0 Å². The van der Waals surface area contributed by atoms with Gasteiger partial charge in [-0.3, -0.25) is 0 Å². The van der Waals surface area contributed by atoms with Gasteiger partial charge in [-0.1, -0.05) is 51.2 Å². The van der Waals surface area contributed by atoms with Crippen LogP contribution in [-0.2, 0) is 6.42 Å². The molecule has 0 bridgehead atoms. The zero-order chi connectivity index (χ0) is 12.7. The van der Waals surface area contributed by atoms with Crippen LogP contribution in [0.25, 0.3) is 0 Å². The van der Waals surface area contributed by atoms with Crippen molar-refractivity contribution in [2.75, 3.05) is 0 Å². The zero-order valence-electron chi connectivity index (χ0n) is 11.6. The monoisotopic (exact) mass is 234 g/mol. The van der Waals surface area contributed by atoms with Crippen molar-refractivity contribution < 1.29 is 5.11 Å². The van der Waals surface area contributed by atoms with E-state index in [4.69, 9.17) is 0 Å². The lowest BCUT2D eigenvalue weighted by molar-refractivity contribution is 0.461. The van der Waals surface area contributed by atoms with Crippen LogP contribution in [0.5, 0.6) is 5.75 Å². The minimum atomic E-state index is 0.513. The highest BCUT2D eigenvalue weighted by atomic mass is 16.3. The summed E-state index contributed by atoms with van der Waals surface area (Å²) in [5.74, 6) is 0.513. The molecule has 0 saturated heterocycles. The van der Waals surface area contributed by atoms with E-state index in [2.05, 4.69) is 19.1 Å². The number of phenols is 1. The van der Waals surface area contributed by atoms with Crippen molar-refractivity contribution >= 4 is 0 Å². The van der Waals surface area contributed by atoms with Gasteiger partial charge in [0.05, 0.1) is 0 Å². The lowest BCUT2D eigenvalue weighted by Gasteiger charge is -2.09. The maximum absolute atomic E-state index is 10.0. The van der Waals surface area contributed by atoms with Gasteiger partial charge in [0, 0.05) is 0 Å². The minimum Gasteiger partial charge on any atom is -0.507 e. The third-order valence-corrected chi connectivity index (χ3v) is 3.59. The van der Waals surface area contributed by atoms with Gasteiger partial charge in [-0.25, -0.2) is 0 Å². The standard InChI is InChI=1S/C16H26O/c1-4-5-6-7-8-9-10-15-12-11-13(2)14(3)16(15)17/h11-12,17H,4-10H2,1-3H3. The first-order chi connectivity index (χ1) is 8.16. The first-order valence-electron chi connectivity index (χ1n) is 6.94. The SMILES string of the molecule is CCCCCCCCc1ccc(C)c(C)c1O. The van der Waals surface area contributed by atoms with Crippen LogP contribution in [0, 0.1) is 13.8 Å². The van der Waals surface area contributed by atoms with Gasteiger partial charge in [0.1, 0.15) is 5.75 Å². The van der Waals surface area contributed by atoms with Crippen LogP contribution in [0.2, 0.25) is 0 Å². The fraction of sp³-hybridized carbons (Fsp3) is 0.625. The molecule has 0 aliphatic rings. The predicted octanol–water partition coefficient (Wildman–Crippen LogP) is 4.91. The normalized spacial score (nSPS) is 10.8. The third-order valence-electron chi connectivity index (χ3n) is 3.59. The topological polar surface area (TPSA) is 20.2 Å². The molecule has 0 aliphatic carbocycles. The van der Waals surface area contributed by atoms with E-state index < -0.39 is 0 Å². The number of aromatic hydroxyl groups is 1. The van der Waals surface area contributed by atoms with E-state index in [0.717, 1.165) is 17.5 Å². The average Bonchev–Trinajstić information content (AvgIpc) is 2.33. The average molecular weight is 234 g/mol. The summed E-state index contributed by atoms with van der Waals surface area (Å²) in [6.45, 7) is 6.28. The van der Waals surface area contributed by atoms with Crippen LogP contribution in [0.4, 0.5) is 0 Å². The van der Waals surface area contributed by atoms with Crippen LogP contribution >= 0.6 is 0 Å². The molecule has 17 heavy (non-hydrogen) atoms. The molecule has 1 N–H and O–H groups in total. The summed E-state index contributed by atoms with van der Waals surface area (Å²) in [5.41, 5.74) is 3.33. The number of aryl methyl sites for hydroxylation is 2. The highest BCUT2D eigenvalue weighted by Crippen LogP contribution is 2.26. The molecule has 1 heteroatoms. The maximum atomic E-state index is 10.0. The highest BCUT2D eigenvalue weighted by molar-refractivity contribution is 5.44. The predicted molar refractivity (Wildman–Crippen MR) is 74.7 cm³/mol. The van der Waals surface area contributed by atoms with Gasteiger partial charge in [0.15, 0.2) is 0 Å². The van der Waals surface area contributed by atoms with Crippen LogP contribution < -0.4 is 0 Å². The van der Waals surface area contributed by atoms with E-state index in [1.165, 1.54) is 44.1 Å². The van der Waals surface area contributed by atoms with Crippen molar-refractivity contribution in [3.05, 3.63) is 28.8 Å². The molecule has 1 aromatic carbocycles. The molecule has 1 nitrogen and oxygen atoms in total. The maximum Gasteiger partial charge on any atom is 0.121 e. The Morgan fingerprint density at radius 3 is 2.29 bits per heavy atom. The second-order valence-electron chi connectivity index (χ2n) is 5.03. The molecule has 0 amide bonds. The Morgan fingerprint density at radius 2 is 1.59 bits per heavy atom. The highest BCUT2D eigenvalue weighted by Gasteiger charge is 2.05. The summed E-state index contributed by atoms with van der Waals surface area (Å²) in [6, 6.07) is 4.19. The Kier molecular flexibility index (Phi) is 6.10. The number of phenolic OH excluding ortho intramolecular Hbond substituents is 1. The van der Waals surface area contributed by atoms with Crippen molar-refractivity contribution in [3.63, 3.8) is 0 Å². The number of hydrogen-bond donors (Lipinski definition) is 1. The minimum absolute atomic E-state index is 0.513. The first kappa shape index (κ1) is 14.1. The molecule has 0 heterocycles. The van der Waals surface area contributed by atoms with E-state index in [-0.39, 0.29) is 0 Å². The largest absolute Gasteiger partial charge is 0.507 e. The Hall–Kier alpha value is -0.980. The van der Waals surface area contributed by atoms with E-state index in [9.17, 15) is 5.11 Å². The molecule has 0 radical (unpaired) electrons. The molecule has 0 saturated carbocycles. The van der Waals surface area contributed by atoms with Gasteiger partial charge in [-0.15, -0.1) is 0 Å². The Morgan fingerprint density at radius 1 is 0.941 bits per heavy atom. The second-order valence-corrected chi connectivity index (χ2v) is 5.03. The van der Waals surface area contributed by atoms with Crippen molar-refractivity contribution in [3.8, 4) is 5.75 Å². The van der Waals surface area contributed by atoms with Crippen LogP contribution in [0.3, 0.4) is 0 Å². The quantitative estimate of drug-likeness (QED) is 0.664. The van der Waals surface area contributed by atoms with E-state index in [0.29, 0.717) is 5.75 Å². The Labute approximate surface area is 106 Å². The Bertz CT molecular complexity index is 342. The van der Waals surface area contributed by atoms with Gasteiger partial charge >= 0.3 is 0 Å². The summed E-state index contributed by atoms with van der Waals surface area (Å²) in [6.07, 6.45) is 8.84. The zero-order valence-corrected chi connectivity index (χ0v) is 11.6. The molecule has 0 atom stereocenters. The summed E-state index contributed by atoms with van der Waals surface area (Å²) in [7, 11) is 0. The molecular weight excluding hydrogens is 208 g/mol. The van der Waals surface area contributed by atoms with Crippen LogP contribution in [-0.4, -0.2) is 5.11 Å². The fourth-order valence-electron chi connectivity index (χ4n) is 2.15. The molecule has 0 unspecified atom stereocenters. The number of unbranched alkanes of at least 4 members (excludes halogenated alkanes) is 5. The van der Waals surface area contributed by atoms with Crippen LogP contribution in [0.15, 0.2) is 12.1 Å². The van der Waals surface area contributed by atoms with E-state index in [1.54, 1.807) is 0 Å². The third kappa shape index (κ3) is 4.41. The van der Waals surface area contributed by atoms with Gasteiger partial charge in [0.25, 0.3) is 0 Å². The number of benzene rings is 1. The molecular formula is C16H26O. The van der Waals surface area contributed by atoms with E-state index >= 15 is 0 Å². The molecule has 1 aromatic rings. The van der Waals surface area contributed by atoms with Crippen molar-refractivity contribution in [1.82, 2.24) is 0 Å². The van der Waals surface area contributed by atoms with Gasteiger partial charge < -0.3 is 5.11 Å². The molecule has 0 aliphatic heterocycles. The summed E-state index contributed by atoms with van der Waals surface area (Å²) in [4.78, 5) is 0. The fourth-order valence-corrected chi connectivity index (χ4v) is 2.15. The molecule has 0 aromatic heterocycles. The number of rotatable bonds is 7. The summed E-state index contributed by atoms with van der Waals surface area (Å²) >= 11 is 0. The lowest BCUT2D eigenvalue weighted by atomic mass is 9.99. The molecule has 96 valence electrons. The van der Waals surface area contributed by atoms with Gasteiger partial charge in [-0.05, 0) is 43.4 Å². The lowest BCUT2D eigenvalue weighted by Crippen LogP contribution is -1.91. The summed E-state index contributed by atoms with van der Waals surface area (Å²) < 4.78 is 0. The van der Waals surface area contributed by atoms with Gasteiger partial charge in [-0.2, -0.15) is 0 Å². The van der Waals surface area contributed by atoms with Crippen LogP contribution in [0.1, 0.15) is 62.1 Å².